The van der Waals surface area contributed by atoms with Crippen molar-refractivity contribution in [2.75, 3.05) is 0 Å². The maximum absolute atomic E-state index is 10.3. The van der Waals surface area contributed by atoms with Crippen molar-refractivity contribution >= 4 is 5.82 Å². The van der Waals surface area contributed by atoms with Crippen LogP contribution in [0.15, 0.2) is 6.20 Å². The highest BCUT2D eigenvalue weighted by atomic mass is 16.6. The molecule has 1 aromatic heterocycles. The average Bonchev–Trinajstić information content (AvgIpc) is 2.50. The third-order valence-corrected chi connectivity index (χ3v) is 1.54. The Hall–Kier alpha value is -1.39. The fraction of sp³-hybridized carbons (Fsp3) is 0.625. The van der Waals surface area contributed by atoms with Crippen LogP contribution < -0.4 is 0 Å². The molecule has 0 saturated heterocycles. The number of nitro groups is 1. The topological polar surface area (TPSA) is 61.0 Å². The van der Waals surface area contributed by atoms with E-state index >= 15 is 0 Å². The zero-order valence-corrected chi connectivity index (χ0v) is 8.44. The minimum atomic E-state index is -0.427. The van der Waals surface area contributed by atoms with E-state index in [1.807, 2.05) is 20.8 Å². The molecule has 0 unspecified atom stereocenters. The molecule has 1 aromatic rings. The second-order valence-electron chi connectivity index (χ2n) is 2.16. The van der Waals surface area contributed by atoms with Gasteiger partial charge in [0.15, 0.2) is 5.82 Å². The summed E-state index contributed by atoms with van der Waals surface area (Å²) in [5, 5.41) is 10.3. The zero-order chi connectivity index (χ0) is 10.4. The van der Waals surface area contributed by atoms with E-state index in [2.05, 4.69) is 4.98 Å². The molecule has 0 fully saturated rings. The summed E-state index contributed by atoms with van der Waals surface area (Å²) in [5.41, 5.74) is 0. The van der Waals surface area contributed by atoms with Gasteiger partial charge < -0.3 is 10.1 Å². The van der Waals surface area contributed by atoms with Gasteiger partial charge in [-0.3, -0.25) is 0 Å². The van der Waals surface area contributed by atoms with E-state index in [0.717, 1.165) is 0 Å². The summed E-state index contributed by atoms with van der Waals surface area (Å²) in [5.74, 6) is 0.740. The summed E-state index contributed by atoms with van der Waals surface area (Å²) in [6.45, 7) is 8.18. The highest BCUT2D eigenvalue weighted by Crippen LogP contribution is 2.12. The summed E-state index contributed by atoms with van der Waals surface area (Å²) in [7, 11) is 0. The van der Waals surface area contributed by atoms with Crippen molar-refractivity contribution in [1.82, 2.24) is 9.55 Å². The molecule has 0 spiro atoms. The first-order chi connectivity index (χ1) is 6.16. The Bertz CT molecular complexity index is 281. The molecule has 0 aliphatic rings. The molecule has 0 amide bonds. The predicted molar refractivity (Wildman–Crippen MR) is 50.6 cm³/mol. The fourth-order valence-electron chi connectivity index (χ4n) is 0.993. The smallest absolute Gasteiger partial charge is 0.342 e. The van der Waals surface area contributed by atoms with E-state index in [1.165, 1.54) is 6.20 Å². The van der Waals surface area contributed by atoms with Crippen molar-refractivity contribution < 1.29 is 4.92 Å². The first kappa shape index (κ1) is 11.6. The average molecular weight is 185 g/mol. The normalized spacial score (nSPS) is 8.92. The zero-order valence-electron chi connectivity index (χ0n) is 8.44. The lowest BCUT2D eigenvalue weighted by atomic mass is 10.6. The van der Waals surface area contributed by atoms with Gasteiger partial charge in [0.05, 0.1) is 6.54 Å². The summed E-state index contributed by atoms with van der Waals surface area (Å²) in [6, 6.07) is 0. The Morgan fingerprint density at radius 3 is 2.46 bits per heavy atom. The molecule has 0 N–H and O–H groups in total. The maximum Gasteiger partial charge on any atom is 0.342 e. The van der Waals surface area contributed by atoms with Crippen molar-refractivity contribution in [2.24, 2.45) is 0 Å². The van der Waals surface area contributed by atoms with Gasteiger partial charge in [0.25, 0.3) is 0 Å². The Morgan fingerprint density at radius 1 is 1.62 bits per heavy atom. The summed E-state index contributed by atoms with van der Waals surface area (Å²) < 4.78 is 1.56. The van der Waals surface area contributed by atoms with E-state index in [1.54, 1.807) is 11.5 Å². The van der Waals surface area contributed by atoms with E-state index in [0.29, 0.717) is 12.4 Å². The minimum Gasteiger partial charge on any atom is -0.358 e. The number of nitrogens with zero attached hydrogens (tertiary/aromatic N) is 3. The molecule has 74 valence electrons. The number of imidazole rings is 1. The van der Waals surface area contributed by atoms with Crippen molar-refractivity contribution in [2.45, 2.75) is 34.2 Å². The maximum atomic E-state index is 10.3. The summed E-state index contributed by atoms with van der Waals surface area (Å²) >= 11 is 0. The molecule has 5 nitrogen and oxygen atoms in total. The van der Waals surface area contributed by atoms with Gasteiger partial charge in [-0.1, -0.05) is 13.8 Å². The van der Waals surface area contributed by atoms with Crippen molar-refractivity contribution in [1.29, 1.82) is 0 Å². The Balaban J connectivity index is 0.000000671. The van der Waals surface area contributed by atoms with E-state index in [-0.39, 0.29) is 5.82 Å². The number of hydrogen-bond donors (Lipinski definition) is 0. The fourth-order valence-corrected chi connectivity index (χ4v) is 0.993. The molecule has 0 saturated carbocycles. The van der Waals surface area contributed by atoms with Gasteiger partial charge in [-0.25, -0.2) is 9.55 Å². The third-order valence-electron chi connectivity index (χ3n) is 1.54. The molecule has 0 radical (unpaired) electrons. The number of aryl methyl sites for hydroxylation is 1. The molecule has 1 rings (SSSR count). The SMILES string of the molecule is CC.CCn1c([N+](=O)[O-])cnc1C. The van der Waals surface area contributed by atoms with Crippen LogP contribution in [0, 0.1) is 17.0 Å². The van der Waals surface area contributed by atoms with Crippen LogP contribution in [-0.2, 0) is 6.54 Å². The van der Waals surface area contributed by atoms with Gasteiger partial charge in [0, 0.05) is 6.92 Å². The van der Waals surface area contributed by atoms with E-state index in [9.17, 15) is 10.1 Å². The molecule has 0 aromatic carbocycles. The van der Waals surface area contributed by atoms with Gasteiger partial charge >= 0.3 is 5.82 Å². The monoisotopic (exact) mass is 185 g/mol. The molecule has 0 bridgehead atoms. The third kappa shape index (κ3) is 2.54. The molecule has 13 heavy (non-hydrogen) atoms. The standard InChI is InChI=1S/C6H9N3O2.C2H6/c1-3-8-5(2)7-4-6(8)9(10)11;1-2/h4H,3H2,1-2H3;1-2H3. The Kier molecular flexibility index (Phi) is 4.72. The molecule has 0 atom stereocenters. The van der Waals surface area contributed by atoms with Gasteiger partial charge in [0.2, 0.25) is 0 Å². The van der Waals surface area contributed by atoms with E-state index < -0.39 is 4.92 Å². The molecule has 5 heteroatoms. The Labute approximate surface area is 77.6 Å². The van der Waals surface area contributed by atoms with Crippen LogP contribution in [0.5, 0.6) is 0 Å². The lowest BCUT2D eigenvalue weighted by Gasteiger charge is -1.96. The largest absolute Gasteiger partial charge is 0.358 e. The van der Waals surface area contributed by atoms with Gasteiger partial charge in [0.1, 0.15) is 6.20 Å². The molecular weight excluding hydrogens is 170 g/mol. The molecule has 1 heterocycles. The van der Waals surface area contributed by atoms with Gasteiger partial charge in [-0.2, -0.15) is 0 Å². The van der Waals surface area contributed by atoms with Crippen LogP contribution in [0.4, 0.5) is 5.82 Å². The molecule has 0 aliphatic carbocycles. The lowest BCUT2D eigenvalue weighted by Crippen LogP contribution is -2.02. The van der Waals surface area contributed by atoms with Crippen LogP contribution in [0.1, 0.15) is 26.6 Å². The van der Waals surface area contributed by atoms with Gasteiger partial charge in [-0.15, -0.1) is 0 Å². The van der Waals surface area contributed by atoms with Gasteiger partial charge in [-0.05, 0) is 11.8 Å². The second kappa shape index (κ2) is 5.29. The summed E-state index contributed by atoms with van der Waals surface area (Å²) in [6.07, 6.45) is 1.28. The number of aromatic nitrogens is 2. The van der Waals surface area contributed by atoms with Crippen molar-refractivity contribution in [3.8, 4) is 0 Å². The van der Waals surface area contributed by atoms with Crippen LogP contribution in [0.25, 0.3) is 0 Å². The minimum absolute atomic E-state index is 0.0602. The number of rotatable bonds is 2. The predicted octanol–water partition coefficient (Wildman–Crippen LogP) is 2.15. The van der Waals surface area contributed by atoms with Crippen molar-refractivity contribution in [3.63, 3.8) is 0 Å². The Morgan fingerprint density at radius 2 is 2.15 bits per heavy atom. The van der Waals surface area contributed by atoms with Crippen molar-refractivity contribution in [3.05, 3.63) is 22.1 Å². The lowest BCUT2D eigenvalue weighted by molar-refractivity contribution is -0.392. The first-order valence-electron chi connectivity index (χ1n) is 4.33. The quantitative estimate of drug-likeness (QED) is 0.524. The number of hydrogen-bond acceptors (Lipinski definition) is 3. The van der Waals surface area contributed by atoms with Crippen LogP contribution in [0.2, 0.25) is 0 Å². The highest BCUT2D eigenvalue weighted by molar-refractivity contribution is 5.18. The molecular formula is C8H15N3O2. The van der Waals surface area contributed by atoms with Crippen LogP contribution in [-0.4, -0.2) is 14.5 Å². The first-order valence-corrected chi connectivity index (χ1v) is 4.33. The van der Waals surface area contributed by atoms with Crippen LogP contribution >= 0.6 is 0 Å². The highest BCUT2D eigenvalue weighted by Gasteiger charge is 2.14. The summed E-state index contributed by atoms with van der Waals surface area (Å²) in [4.78, 5) is 13.7. The van der Waals surface area contributed by atoms with Crippen LogP contribution in [0.3, 0.4) is 0 Å². The second-order valence-corrected chi connectivity index (χ2v) is 2.16. The molecule has 0 aliphatic heterocycles. The van der Waals surface area contributed by atoms with E-state index in [4.69, 9.17) is 0 Å².